The smallest absolute Gasteiger partial charge is 0.293 e. The molecule has 1 fully saturated rings. The van der Waals surface area contributed by atoms with Crippen molar-refractivity contribution < 1.29 is 4.79 Å². The zero-order valence-corrected chi connectivity index (χ0v) is 15.9. The van der Waals surface area contributed by atoms with E-state index >= 15 is 0 Å². The molecule has 0 radical (unpaired) electrons. The van der Waals surface area contributed by atoms with Gasteiger partial charge in [0.05, 0.1) is 5.69 Å². The number of halogens is 1. The highest BCUT2D eigenvalue weighted by Crippen LogP contribution is 2.22. The standard InChI is InChI=1S/C20H21N5O.ClH/c1-15-14-21-12-13-24(15)20(26)18-22-19(16-8-4-2-5-9-16)25(23-18)17-10-6-3-7-11-17;/h2-11,15,21H,12-14H2,1H3;1H. The van der Waals surface area contributed by atoms with Crippen molar-refractivity contribution in [3.8, 4) is 17.1 Å². The van der Waals surface area contributed by atoms with Crippen molar-refractivity contribution in [2.24, 2.45) is 0 Å². The number of nitrogens with zero attached hydrogens (tertiary/aromatic N) is 4. The average Bonchev–Trinajstić information content (AvgIpc) is 3.15. The summed E-state index contributed by atoms with van der Waals surface area (Å²) >= 11 is 0. The van der Waals surface area contributed by atoms with E-state index in [0.717, 1.165) is 24.3 Å². The fourth-order valence-corrected chi connectivity index (χ4v) is 3.20. The lowest BCUT2D eigenvalue weighted by Gasteiger charge is -2.33. The molecule has 1 unspecified atom stereocenters. The highest BCUT2D eigenvalue weighted by molar-refractivity contribution is 5.91. The van der Waals surface area contributed by atoms with Gasteiger partial charge in [0.25, 0.3) is 5.91 Å². The number of hydrogen-bond acceptors (Lipinski definition) is 4. The molecule has 1 aromatic heterocycles. The monoisotopic (exact) mass is 383 g/mol. The number of rotatable bonds is 3. The van der Waals surface area contributed by atoms with E-state index < -0.39 is 0 Å². The van der Waals surface area contributed by atoms with Crippen molar-refractivity contribution in [3.63, 3.8) is 0 Å². The molecule has 1 aliphatic heterocycles. The molecule has 1 saturated heterocycles. The summed E-state index contributed by atoms with van der Waals surface area (Å²) in [4.78, 5) is 19.4. The summed E-state index contributed by atoms with van der Waals surface area (Å²) < 4.78 is 1.75. The van der Waals surface area contributed by atoms with E-state index in [1.54, 1.807) is 4.68 Å². The van der Waals surface area contributed by atoms with Crippen molar-refractivity contribution in [1.82, 2.24) is 25.0 Å². The van der Waals surface area contributed by atoms with Gasteiger partial charge in [0, 0.05) is 31.2 Å². The maximum Gasteiger partial charge on any atom is 0.293 e. The molecule has 0 aliphatic carbocycles. The number of carbonyl (C=O) groups excluding carboxylic acids is 1. The third-order valence-corrected chi connectivity index (χ3v) is 4.59. The van der Waals surface area contributed by atoms with Gasteiger partial charge < -0.3 is 10.2 Å². The van der Waals surface area contributed by atoms with Crippen LogP contribution in [0, 0.1) is 0 Å². The molecule has 27 heavy (non-hydrogen) atoms. The average molecular weight is 384 g/mol. The van der Waals surface area contributed by atoms with Gasteiger partial charge in [0.1, 0.15) is 0 Å². The molecule has 1 atom stereocenters. The Morgan fingerprint density at radius 1 is 1.07 bits per heavy atom. The van der Waals surface area contributed by atoms with E-state index in [2.05, 4.69) is 15.4 Å². The van der Waals surface area contributed by atoms with Gasteiger partial charge in [-0.05, 0) is 19.1 Å². The van der Waals surface area contributed by atoms with Gasteiger partial charge in [0.15, 0.2) is 5.82 Å². The second-order valence-electron chi connectivity index (χ2n) is 6.42. The van der Waals surface area contributed by atoms with E-state index in [9.17, 15) is 4.79 Å². The van der Waals surface area contributed by atoms with Crippen LogP contribution in [0.1, 0.15) is 17.5 Å². The maximum absolute atomic E-state index is 13.0. The van der Waals surface area contributed by atoms with Crippen LogP contribution in [0.5, 0.6) is 0 Å². The van der Waals surface area contributed by atoms with E-state index in [0.29, 0.717) is 12.4 Å². The van der Waals surface area contributed by atoms with E-state index in [-0.39, 0.29) is 30.2 Å². The number of benzene rings is 2. The molecular weight excluding hydrogens is 362 g/mol. The van der Waals surface area contributed by atoms with Crippen LogP contribution in [0.25, 0.3) is 17.1 Å². The molecule has 4 rings (SSSR count). The Labute approximate surface area is 164 Å². The van der Waals surface area contributed by atoms with Crippen LogP contribution >= 0.6 is 12.4 Å². The van der Waals surface area contributed by atoms with Crippen LogP contribution in [-0.4, -0.2) is 51.2 Å². The lowest BCUT2D eigenvalue weighted by molar-refractivity contribution is 0.0643. The Kier molecular flexibility index (Phi) is 5.88. The molecule has 2 heterocycles. The summed E-state index contributed by atoms with van der Waals surface area (Å²) in [5.74, 6) is 0.787. The quantitative estimate of drug-likeness (QED) is 0.755. The van der Waals surface area contributed by atoms with Crippen LogP contribution in [0.3, 0.4) is 0 Å². The fourth-order valence-electron chi connectivity index (χ4n) is 3.20. The first-order valence-corrected chi connectivity index (χ1v) is 8.83. The van der Waals surface area contributed by atoms with E-state index in [1.807, 2.05) is 72.5 Å². The first kappa shape index (κ1) is 19.1. The van der Waals surface area contributed by atoms with Crippen molar-refractivity contribution in [3.05, 3.63) is 66.5 Å². The van der Waals surface area contributed by atoms with Crippen LogP contribution in [0.15, 0.2) is 60.7 Å². The first-order chi connectivity index (χ1) is 12.7. The van der Waals surface area contributed by atoms with Crippen LogP contribution < -0.4 is 5.32 Å². The minimum absolute atomic E-state index is 0. The number of carbonyl (C=O) groups is 1. The lowest BCUT2D eigenvalue weighted by atomic mass is 10.2. The van der Waals surface area contributed by atoms with Crippen molar-refractivity contribution in [1.29, 1.82) is 0 Å². The Hall–Kier alpha value is -2.70. The highest BCUT2D eigenvalue weighted by atomic mass is 35.5. The summed E-state index contributed by atoms with van der Waals surface area (Å²) in [6.07, 6.45) is 0. The molecule has 3 aromatic rings. The SMILES string of the molecule is CC1CNCCN1C(=O)c1nc(-c2ccccc2)n(-c2ccccc2)n1.Cl. The predicted molar refractivity (Wildman–Crippen MR) is 107 cm³/mol. The minimum atomic E-state index is -0.120. The largest absolute Gasteiger partial charge is 0.331 e. The molecule has 2 aromatic carbocycles. The van der Waals surface area contributed by atoms with Gasteiger partial charge in [-0.3, -0.25) is 4.79 Å². The fraction of sp³-hybridized carbons (Fsp3) is 0.250. The van der Waals surface area contributed by atoms with Crippen LogP contribution in [-0.2, 0) is 0 Å². The molecule has 0 bridgehead atoms. The lowest BCUT2D eigenvalue weighted by Crippen LogP contribution is -2.52. The Balaban J connectivity index is 0.00000210. The number of amides is 1. The number of para-hydroxylation sites is 1. The second kappa shape index (κ2) is 8.33. The third-order valence-electron chi connectivity index (χ3n) is 4.59. The first-order valence-electron chi connectivity index (χ1n) is 8.83. The molecular formula is C20H22ClN5O. The maximum atomic E-state index is 13.0. The second-order valence-corrected chi connectivity index (χ2v) is 6.42. The zero-order chi connectivity index (χ0) is 17.9. The molecule has 1 N–H and O–H groups in total. The highest BCUT2D eigenvalue weighted by Gasteiger charge is 2.28. The predicted octanol–water partition coefficient (Wildman–Crippen LogP) is 2.79. The summed E-state index contributed by atoms with van der Waals surface area (Å²) in [5, 5.41) is 7.86. The van der Waals surface area contributed by atoms with Gasteiger partial charge in [-0.25, -0.2) is 9.67 Å². The summed E-state index contributed by atoms with van der Waals surface area (Å²) in [6, 6.07) is 19.7. The molecule has 0 saturated carbocycles. The summed E-state index contributed by atoms with van der Waals surface area (Å²) in [7, 11) is 0. The molecule has 1 aliphatic rings. The van der Waals surface area contributed by atoms with Gasteiger partial charge in [-0.2, -0.15) is 0 Å². The molecule has 7 heteroatoms. The number of hydrogen-bond donors (Lipinski definition) is 1. The topological polar surface area (TPSA) is 63.1 Å². The van der Waals surface area contributed by atoms with Crippen LogP contribution in [0.4, 0.5) is 0 Å². The van der Waals surface area contributed by atoms with Crippen molar-refractivity contribution in [2.45, 2.75) is 13.0 Å². The molecule has 1 amide bonds. The molecule has 0 spiro atoms. The Morgan fingerprint density at radius 2 is 1.74 bits per heavy atom. The van der Waals surface area contributed by atoms with Gasteiger partial charge in [0.2, 0.25) is 5.82 Å². The van der Waals surface area contributed by atoms with Gasteiger partial charge in [-0.15, -0.1) is 17.5 Å². The van der Waals surface area contributed by atoms with Crippen molar-refractivity contribution >= 4 is 18.3 Å². The van der Waals surface area contributed by atoms with E-state index in [4.69, 9.17) is 0 Å². The van der Waals surface area contributed by atoms with E-state index in [1.165, 1.54) is 0 Å². The molecule has 6 nitrogen and oxygen atoms in total. The minimum Gasteiger partial charge on any atom is -0.331 e. The molecule has 140 valence electrons. The normalized spacial score (nSPS) is 16.6. The number of aromatic nitrogens is 3. The summed E-state index contributed by atoms with van der Waals surface area (Å²) in [6.45, 7) is 4.29. The van der Waals surface area contributed by atoms with Gasteiger partial charge >= 0.3 is 0 Å². The van der Waals surface area contributed by atoms with Crippen molar-refractivity contribution in [2.75, 3.05) is 19.6 Å². The summed E-state index contributed by atoms with van der Waals surface area (Å²) in [5.41, 5.74) is 1.81. The Bertz CT molecular complexity index is 840. The number of piperazine rings is 1. The van der Waals surface area contributed by atoms with Gasteiger partial charge in [-0.1, -0.05) is 48.5 Å². The van der Waals surface area contributed by atoms with Crippen LogP contribution in [0.2, 0.25) is 0 Å². The zero-order valence-electron chi connectivity index (χ0n) is 15.1. The third kappa shape index (κ3) is 3.86. The Morgan fingerprint density at radius 3 is 2.41 bits per heavy atom. The number of nitrogens with one attached hydrogen (secondary N) is 1.